The molecule has 0 aliphatic carbocycles. The van der Waals surface area contributed by atoms with Crippen LogP contribution in [0.5, 0.6) is 10.8 Å². The van der Waals surface area contributed by atoms with Crippen LogP contribution in [0, 0.1) is 6.92 Å². The zero-order valence-electron chi connectivity index (χ0n) is 7.86. The molecule has 0 radical (unpaired) electrons. The third kappa shape index (κ3) is 2.06. The second kappa shape index (κ2) is 3.72. The number of nitrogen functional groups attached to an aromatic ring is 1. The molecule has 0 saturated carbocycles. The van der Waals surface area contributed by atoms with Gasteiger partial charge in [-0.25, -0.2) is 0 Å². The smallest absolute Gasteiger partial charge is 0.181 e. The van der Waals surface area contributed by atoms with Crippen molar-refractivity contribution in [2.45, 2.75) is 6.92 Å². The molecule has 14 heavy (non-hydrogen) atoms. The van der Waals surface area contributed by atoms with Crippen molar-refractivity contribution in [1.82, 2.24) is 0 Å². The van der Waals surface area contributed by atoms with Crippen LogP contribution in [-0.2, 0) is 0 Å². The normalized spacial score (nSPS) is 10.1. The highest BCUT2D eigenvalue weighted by Gasteiger charge is 1.98. The Kier molecular flexibility index (Phi) is 2.41. The van der Waals surface area contributed by atoms with Crippen LogP contribution >= 0.6 is 11.3 Å². The molecule has 1 aromatic heterocycles. The van der Waals surface area contributed by atoms with Crippen molar-refractivity contribution in [2.75, 3.05) is 5.73 Å². The van der Waals surface area contributed by atoms with Crippen molar-refractivity contribution in [1.29, 1.82) is 0 Å². The fraction of sp³-hybridized carbons (Fsp3) is 0.0909. The van der Waals surface area contributed by atoms with E-state index >= 15 is 0 Å². The molecule has 0 saturated heterocycles. The van der Waals surface area contributed by atoms with E-state index < -0.39 is 0 Å². The molecule has 3 heteroatoms. The van der Waals surface area contributed by atoms with Gasteiger partial charge in [-0.3, -0.25) is 0 Å². The zero-order valence-corrected chi connectivity index (χ0v) is 8.67. The van der Waals surface area contributed by atoms with Crippen LogP contribution in [0.3, 0.4) is 0 Å². The van der Waals surface area contributed by atoms with E-state index in [4.69, 9.17) is 10.5 Å². The first-order valence-corrected chi connectivity index (χ1v) is 5.20. The summed E-state index contributed by atoms with van der Waals surface area (Å²) >= 11 is 1.60. The van der Waals surface area contributed by atoms with Crippen LogP contribution in [0.2, 0.25) is 0 Å². The maximum Gasteiger partial charge on any atom is 0.181 e. The molecule has 0 fully saturated rings. The molecule has 2 nitrogen and oxygen atoms in total. The molecule has 0 amide bonds. The Morgan fingerprint density at radius 1 is 1.21 bits per heavy atom. The molecule has 0 aliphatic heterocycles. The van der Waals surface area contributed by atoms with E-state index in [0.717, 1.165) is 16.5 Å². The maximum absolute atomic E-state index is 5.62. The Morgan fingerprint density at radius 3 is 2.50 bits per heavy atom. The van der Waals surface area contributed by atoms with Gasteiger partial charge in [0.15, 0.2) is 5.06 Å². The summed E-state index contributed by atoms with van der Waals surface area (Å²) in [6.07, 6.45) is 0. The van der Waals surface area contributed by atoms with Gasteiger partial charge in [0.2, 0.25) is 0 Å². The number of nitrogens with two attached hydrogens (primary N) is 1. The van der Waals surface area contributed by atoms with Crippen LogP contribution in [0.4, 0.5) is 5.69 Å². The minimum absolute atomic E-state index is 0.750. The molecule has 0 bridgehead atoms. The van der Waals surface area contributed by atoms with E-state index in [1.54, 1.807) is 11.3 Å². The van der Waals surface area contributed by atoms with Crippen molar-refractivity contribution in [3.8, 4) is 10.8 Å². The largest absolute Gasteiger partial charge is 0.447 e. The summed E-state index contributed by atoms with van der Waals surface area (Å²) < 4.78 is 5.62. The molecule has 2 rings (SSSR count). The van der Waals surface area contributed by atoms with Gasteiger partial charge in [-0.2, -0.15) is 0 Å². The van der Waals surface area contributed by atoms with Crippen LogP contribution in [0.1, 0.15) is 5.56 Å². The topological polar surface area (TPSA) is 35.2 Å². The number of hydrogen-bond acceptors (Lipinski definition) is 3. The lowest BCUT2D eigenvalue weighted by atomic mass is 10.3. The highest BCUT2D eigenvalue weighted by molar-refractivity contribution is 7.12. The molecule has 0 unspecified atom stereocenters. The first-order valence-electron chi connectivity index (χ1n) is 4.32. The van der Waals surface area contributed by atoms with Gasteiger partial charge in [-0.15, -0.1) is 11.3 Å². The molecule has 0 atom stereocenters. The van der Waals surface area contributed by atoms with Crippen molar-refractivity contribution in [2.24, 2.45) is 0 Å². The van der Waals surface area contributed by atoms with Crippen molar-refractivity contribution >= 4 is 17.0 Å². The van der Waals surface area contributed by atoms with Crippen molar-refractivity contribution in [3.05, 3.63) is 41.3 Å². The van der Waals surface area contributed by atoms with Gasteiger partial charge in [0, 0.05) is 5.69 Å². The summed E-state index contributed by atoms with van der Waals surface area (Å²) in [4.78, 5) is 0. The number of benzene rings is 1. The van der Waals surface area contributed by atoms with Gasteiger partial charge in [0.05, 0.1) is 0 Å². The molecular formula is C11H11NOS. The number of anilines is 1. The maximum atomic E-state index is 5.62. The molecule has 1 heterocycles. The Balaban J connectivity index is 2.15. The second-order valence-corrected chi connectivity index (χ2v) is 3.99. The predicted octanol–water partition coefficient (Wildman–Crippen LogP) is 3.43. The monoisotopic (exact) mass is 205 g/mol. The Bertz CT molecular complexity index is 419. The van der Waals surface area contributed by atoms with Gasteiger partial charge in [0.1, 0.15) is 5.75 Å². The van der Waals surface area contributed by atoms with Crippen LogP contribution in [0.15, 0.2) is 35.7 Å². The lowest BCUT2D eigenvalue weighted by Crippen LogP contribution is -1.84. The first kappa shape index (κ1) is 9.09. The van der Waals surface area contributed by atoms with Gasteiger partial charge in [0.25, 0.3) is 0 Å². The fourth-order valence-corrected chi connectivity index (χ4v) is 1.88. The second-order valence-electron chi connectivity index (χ2n) is 3.11. The number of rotatable bonds is 2. The first-order chi connectivity index (χ1) is 6.74. The minimum Gasteiger partial charge on any atom is -0.447 e. The minimum atomic E-state index is 0.750. The lowest BCUT2D eigenvalue weighted by Gasteiger charge is -2.01. The highest BCUT2D eigenvalue weighted by Crippen LogP contribution is 2.28. The Morgan fingerprint density at radius 2 is 1.93 bits per heavy atom. The highest BCUT2D eigenvalue weighted by atomic mass is 32.1. The average molecular weight is 205 g/mol. The van der Waals surface area contributed by atoms with E-state index in [1.807, 2.05) is 37.3 Å². The van der Waals surface area contributed by atoms with Gasteiger partial charge in [-0.05, 0) is 48.2 Å². The summed E-state index contributed by atoms with van der Waals surface area (Å²) in [5.41, 5.74) is 7.54. The summed E-state index contributed by atoms with van der Waals surface area (Å²) in [7, 11) is 0. The number of thiophene rings is 1. The zero-order chi connectivity index (χ0) is 9.97. The number of ether oxygens (including phenoxy) is 1. The molecule has 2 N–H and O–H groups in total. The number of aryl methyl sites for hydroxylation is 1. The van der Waals surface area contributed by atoms with E-state index in [2.05, 4.69) is 5.38 Å². The van der Waals surface area contributed by atoms with Crippen LogP contribution in [-0.4, -0.2) is 0 Å². The summed E-state index contributed by atoms with van der Waals surface area (Å²) in [6, 6.07) is 9.40. The molecule has 72 valence electrons. The molecule has 1 aromatic carbocycles. The third-order valence-electron chi connectivity index (χ3n) is 1.81. The average Bonchev–Trinajstić information content (AvgIpc) is 2.56. The molecule has 2 aromatic rings. The van der Waals surface area contributed by atoms with Crippen molar-refractivity contribution in [3.63, 3.8) is 0 Å². The molecular weight excluding hydrogens is 194 g/mol. The lowest BCUT2D eigenvalue weighted by molar-refractivity contribution is 0.496. The van der Waals surface area contributed by atoms with Gasteiger partial charge < -0.3 is 10.5 Å². The van der Waals surface area contributed by atoms with E-state index in [-0.39, 0.29) is 0 Å². The van der Waals surface area contributed by atoms with Crippen LogP contribution in [0.25, 0.3) is 0 Å². The van der Waals surface area contributed by atoms with Gasteiger partial charge in [-0.1, -0.05) is 0 Å². The number of hydrogen-bond donors (Lipinski definition) is 1. The van der Waals surface area contributed by atoms with E-state index in [9.17, 15) is 0 Å². The SMILES string of the molecule is Cc1csc(Oc2ccc(N)cc2)c1. The molecule has 0 aliphatic rings. The Hall–Kier alpha value is -1.48. The quantitative estimate of drug-likeness (QED) is 0.762. The third-order valence-corrected chi connectivity index (χ3v) is 2.73. The summed E-state index contributed by atoms with van der Waals surface area (Å²) in [5, 5.41) is 2.97. The van der Waals surface area contributed by atoms with E-state index in [0.29, 0.717) is 0 Å². The van der Waals surface area contributed by atoms with Crippen molar-refractivity contribution < 1.29 is 4.74 Å². The predicted molar refractivity (Wildman–Crippen MR) is 60.0 cm³/mol. The Labute approximate surface area is 86.9 Å². The summed E-state index contributed by atoms with van der Waals surface area (Å²) in [6.45, 7) is 2.05. The standard InChI is InChI=1S/C11H11NOS/c1-8-6-11(14-7-8)13-10-4-2-9(12)3-5-10/h2-7H,12H2,1H3. The van der Waals surface area contributed by atoms with Gasteiger partial charge >= 0.3 is 0 Å². The summed E-state index contributed by atoms with van der Waals surface area (Å²) in [5.74, 6) is 0.820. The molecule has 0 spiro atoms. The fourth-order valence-electron chi connectivity index (χ4n) is 1.11. The van der Waals surface area contributed by atoms with Crippen LogP contribution < -0.4 is 10.5 Å². The van der Waals surface area contributed by atoms with E-state index in [1.165, 1.54) is 5.56 Å².